The van der Waals surface area contributed by atoms with Crippen LogP contribution in [-0.2, 0) is 4.79 Å². The maximum atomic E-state index is 12.1. The highest BCUT2D eigenvalue weighted by molar-refractivity contribution is 5.78. The summed E-state index contributed by atoms with van der Waals surface area (Å²) in [6.45, 7) is 11.0. The standard InChI is InChI=1S/C20H27N5O/c1-14(2)19(26)25-11-9-24(10-12-25)18-13-16(4)21-20(23-18)22-17-7-5-15(3)6-8-17/h5-8,13-14H,9-12H2,1-4H3,(H,21,22,23). The summed E-state index contributed by atoms with van der Waals surface area (Å²) >= 11 is 0. The van der Waals surface area contributed by atoms with Crippen molar-refractivity contribution >= 4 is 23.4 Å². The van der Waals surface area contributed by atoms with Gasteiger partial charge in [0.2, 0.25) is 11.9 Å². The Hall–Kier alpha value is -2.63. The van der Waals surface area contributed by atoms with Gasteiger partial charge in [0.05, 0.1) is 0 Å². The van der Waals surface area contributed by atoms with Crippen LogP contribution in [0.4, 0.5) is 17.5 Å². The molecule has 0 unspecified atom stereocenters. The van der Waals surface area contributed by atoms with Crippen LogP contribution in [0.2, 0.25) is 0 Å². The Bertz CT molecular complexity index is 764. The zero-order valence-electron chi connectivity index (χ0n) is 16.0. The predicted octanol–water partition coefficient (Wildman–Crippen LogP) is 3.14. The van der Waals surface area contributed by atoms with Crippen LogP contribution in [0, 0.1) is 19.8 Å². The third kappa shape index (κ3) is 4.31. The molecule has 0 bridgehead atoms. The number of nitrogens with one attached hydrogen (secondary N) is 1. The molecule has 1 aliphatic heterocycles. The minimum Gasteiger partial charge on any atom is -0.353 e. The molecule has 1 aromatic heterocycles. The number of aromatic nitrogens is 2. The summed E-state index contributed by atoms with van der Waals surface area (Å²) in [6, 6.07) is 10.2. The normalized spacial score (nSPS) is 14.7. The number of hydrogen-bond acceptors (Lipinski definition) is 5. The number of anilines is 3. The molecule has 1 aliphatic rings. The average molecular weight is 353 g/mol. The molecule has 138 valence electrons. The first-order valence-corrected chi connectivity index (χ1v) is 9.15. The lowest BCUT2D eigenvalue weighted by Crippen LogP contribution is -2.50. The Morgan fingerprint density at radius 2 is 1.69 bits per heavy atom. The molecule has 26 heavy (non-hydrogen) atoms. The monoisotopic (exact) mass is 353 g/mol. The van der Waals surface area contributed by atoms with Gasteiger partial charge in [-0.15, -0.1) is 0 Å². The van der Waals surface area contributed by atoms with Gasteiger partial charge in [-0.2, -0.15) is 4.98 Å². The summed E-state index contributed by atoms with van der Waals surface area (Å²) in [5, 5.41) is 3.28. The number of nitrogens with zero attached hydrogens (tertiary/aromatic N) is 4. The fourth-order valence-electron chi connectivity index (χ4n) is 3.06. The van der Waals surface area contributed by atoms with Crippen molar-refractivity contribution in [2.45, 2.75) is 27.7 Å². The largest absolute Gasteiger partial charge is 0.353 e. The maximum absolute atomic E-state index is 12.1. The third-order valence-electron chi connectivity index (χ3n) is 4.56. The van der Waals surface area contributed by atoms with E-state index in [1.54, 1.807) is 0 Å². The van der Waals surface area contributed by atoms with Gasteiger partial charge >= 0.3 is 0 Å². The van der Waals surface area contributed by atoms with Crippen molar-refractivity contribution in [2.24, 2.45) is 5.92 Å². The number of aryl methyl sites for hydroxylation is 2. The van der Waals surface area contributed by atoms with Crippen molar-refractivity contribution in [3.8, 4) is 0 Å². The van der Waals surface area contributed by atoms with Crippen molar-refractivity contribution in [1.82, 2.24) is 14.9 Å². The average Bonchev–Trinajstić information content (AvgIpc) is 2.62. The molecule has 2 heterocycles. The first-order chi connectivity index (χ1) is 12.4. The van der Waals surface area contributed by atoms with Gasteiger partial charge in [0, 0.05) is 49.5 Å². The van der Waals surface area contributed by atoms with Crippen molar-refractivity contribution in [3.63, 3.8) is 0 Å². The topological polar surface area (TPSA) is 61.4 Å². The van der Waals surface area contributed by atoms with Gasteiger partial charge in [0.25, 0.3) is 0 Å². The third-order valence-corrected chi connectivity index (χ3v) is 4.56. The first kappa shape index (κ1) is 18.2. The zero-order valence-corrected chi connectivity index (χ0v) is 16.0. The van der Waals surface area contributed by atoms with Gasteiger partial charge in [-0.1, -0.05) is 31.5 Å². The molecule has 0 radical (unpaired) electrons. The SMILES string of the molecule is Cc1ccc(Nc2nc(C)cc(N3CCN(C(=O)C(C)C)CC3)n2)cc1. The molecule has 1 N–H and O–H groups in total. The fourth-order valence-corrected chi connectivity index (χ4v) is 3.06. The summed E-state index contributed by atoms with van der Waals surface area (Å²) in [4.78, 5) is 25.5. The molecule has 3 rings (SSSR count). The van der Waals surface area contributed by atoms with E-state index in [1.807, 2.05) is 43.9 Å². The molecule has 0 spiro atoms. The van der Waals surface area contributed by atoms with Gasteiger partial charge in [-0.3, -0.25) is 4.79 Å². The molecule has 0 aliphatic carbocycles. The minimum absolute atomic E-state index is 0.0492. The molecule has 1 amide bonds. The van der Waals surface area contributed by atoms with Crippen LogP contribution in [0.5, 0.6) is 0 Å². The molecular formula is C20H27N5O. The van der Waals surface area contributed by atoms with Gasteiger partial charge in [-0.05, 0) is 26.0 Å². The lowest BCUT2D eigenvalue weighted by Gasteiger charge is -2.36. The second kappa shape index (κ2) is 7.72. The zero-order chi connectivity index (χ0) is 18.7. The number of benzene rings is 1. The number of carbonyl (C=O) groups is 1. The lowest BCUT2D eigenvalue weighted by molar-refractivity contribution is -0.134. The van der Waals surface area contributed by atoms with Crippen LogP contribution in [0.15, 0.2) is 30.3 Å². The highest BCUT2D eigenvalue weighted by atomic mass is 16.2. The minimum atomic E-state index is 0.0492. The van der Waals surface area contributed by atoms with Crippen molar-refractivity contribution in [1.29, 1.82) is 0 Å². The Morgan fingerprint density at radius 1 is 1.04 bits per heavy atom. The summed E-state index contributed by atoms with van der Waals surface area (Å²) in [6.07, 6.45) is 0. The Kier molecular flexibility index (Phi) is 5.40. The van der Waals surface area contributed by atoms with Crippen LogP contribution in [-0.4, -0.2) is 47.0 Å². The van der Waals surface area contributed by atoms with E-state index in [1.165, 1.54) is 5.56 Å². The van der Waals surface area contributed by atoms with E-state index in [9.17, 15) is 4.79 Å². The quantitative estimate of drug-likeness (QED) is 0.915. The van der Waals surface area contributed by atoms with Crippen LogP contribution < -0.4 is 10.2 Å². The first-order valence-electron chi connectivity index (χ1n) is 9.15. The van der Waals surface area contributed by atoms with Gasteiger partial charge in [0.15, 0.2) is 0 Å². The summed E-state index contributed by atoms with van der Waals surface area (Å²) in [5.74, 6) is 1.78. The van der Waals surface area contributed by atoms with Crippen LogP contribution >= 0.6 is 0 Å². The van der Waals surface area contributed by atoms with E-state index in [4.69, 9.17) is 0 Å². The second-order valence-electron chi connectivity index (χ2n) is 7.15. The van der Waals surface area contributed by atoms with Gasteiger partial charge < -0.3 is 15.1 Å². The Morgan fingerprint density at radius 3 is 2.31 bits per heavy atom. The molecule has 1 aromatic carbocycles. The van der Waals surface area contributed by atoms with E-state index in [2.05, 4.69) is 39.2 Å². The van der Waals surface area contributed by atoms with Crippen LogP contribution in [0.1, 0.15) is 25.1 Å². The van der Waals surface area contributed by atoms with E-state index in [0.29, 0.717) is 5.95 Å². The summed E-state index contributed by atoms with van der Waals surface area (Å²) in [7, 11) is 0. The maximum Gasteiger partial charge on any atom is 0.229 e. The van der Waals surface area contributed by atoms with E-state index >= 15 is 0 Å². The molecule has 0 atom stereocenters. The molecule has 1 fully saturated rings. The molecule has 2 aromatic rings. The molecule has 6 heteroatoms. The van der Waals surface area contributed by atoms with Crippen molar-refractivity contribution < 1.29 is 4.79 Å². The lowest BCUT2D eigenvalue weighted by atomic mass is 10.1. The molecule has 0 saturated carbocycles. The second-order valence-corrected chi connectivity index (χ2v) is 7.15. The fraction of sp³-hybridized carbons (Fsp3) is 0.450. The number of hydrogen-bond donors (Lipinski definition) is 1. The van der Waals surface area contributed by atoms with E-state index in [-0.39, 0.29) is 11.8 Å². The van der Waals surface area contributed by atoms with Crippen molar-refractivity contribution in [2.75, 3.05) is 36.4 Å². The molecule has 1 saturated heterocycles. The smallest absolute Gasteiger partial charge is 0.229 e. The highest BCUT2D eigenvalue weighted by Gasteiger charge is 2.23. The Labute approximate surface area is 155 Å². The molecule has 6 nitrogen and oxygen atoms in total. The summed E-state index contributed by atoms with van der Waals surface area (Å²) in [5.41, 5.74) is 3.11. The van der Waals surface area contributed by atoms with Crippen LogP contribution in [0.3, 0.4) is 0 Å². The number of rotatable bonds is 4. The van der Waals surface area contributed by atoms with Crippen molar-refractivity contribution in [3.05, 3.63) is 41.6 Å². The van der Waals surface area contributed by atoms with Gasteiger partial charge in [-0.25, -0.2) is 4.98 Å². The van der Waals surface area contributed by atoms with Crippen LogP contribution in [0.25, 0.3) is 0 Å². The summed E-state index contributed by atoms with van der Waals surface area (Å²) < 4.78 is 0. The number of piperazine rings is 1. The predicted molar refractivity (Wildman–Crippen MR) is 105 cm³/mol. The van der Waals surface area contributed by atoms with E-state index in [0.717, 1.165) is 43.4 Å². The number of amides is 1. The van der Waals surface area contributed by atoms with E-state index < -0.39 is 0 Å². The molecular weight excluding hydrogens is 326 g/mol. The highest BCUT2D eigenvalue weighted by Crippen LogP contribution is 2.20. The number of carbonyl (C=O) groups excluding carboxylic acids is 1. The Balaban J connectivity index is 1.70. The van der Waals surface area contributed by atoms with Gasteiger partial charge in [0.1, 0.15) is 5.82 Å².